The molecule has 2 aromatic carbocycles. The van der Waals surface area contributed by atoms with Gasteiger partial charge in [-0.15, -0.1) is 0 Å². The Morgan fingerprint density at radius 1 is 1.19 bits per heavy atom. The van der Waals surface area contributed by atoms with E-state index in [1.165, 1.54) is 10.8 Å². The number of hydrogen-bond donors (Lipinski definition) is 1. The number of nitrogens with zero attached hydrogens (tertiary/aromatic N) is 1. The molecule has 1 heterocycles. The van der Waals surface area contributed by atoms with Crippen LogP contribution in [-0.2, 0) is 11.2 Å². The van der Waals surface area contributed by atoms with Crippen LogP contribution in [0.25, 0.3) is 10.8 Å². The van der Waals surface area contributed by atoms with E-state index in [9.17, 15) is 4.79 Å². The number of fused-ring (bicyclic) bond motifs is 1. The second-order valence-corrected chi connectivity index (χ2v) is 5.82. The molecule has 110 valence electrons. The minimum Gasteiger partial charge on any atom is -0.396 e. The molecule has 1 amide bonds. The first-order valence-electron chi connectivity index (χ1n) is 7.63. The van der Waals surface area contributed by atoms with Crippen molar-refractivity contribution in [2.24, 2.45) is 5.92 Å². The van der Waals surface area contributed by atoms with E-state index in [1.807, 2.05) is 29.2 Å². The van der Waals surface area contributed by atoms with E-state index < -0.39 is 0 Å². The maximum absolute atomic E-state index is 12.5. The van der Waals surface area contributed by atoms with Gasteiger partial charge in [0, 0.05) is 19.7 Å². The van der Waals surface area contributed by atoms with Crippen molar-refractivity contribution in [2.75, 3.05) is 19.7 Å². The molecule has 3 rings (SSSR count). The molecule has 1 saturated heterocycles. The third kappa shape index (κ3) is 3.08. The Kier molecular flexibility index (Phi) is 4.20. The summed E-state index contributed by atoms with van der Waals surface area (Å²) in [6.07, 6.45) is 2.28. The van der Waals surface area contributed by atoms with Crippen molar-refractivity contribution in [2.45, 2.75) is 19.3 Å². The summed E-state index contributed by atoms with van der Waals surface area (Å²) in [6, 6.07) is 14.3. The first-order valence-corrected chi connectivity index (χ1v) is 7.63. The predicted octanol–water partition coefficient (Wildman–Crippen LogP) is 2.61. The fourth-order valence-electron chi connectivity index (χ4n) is 3.20. The fraction of sp³-hybridized carbons (Fsp3) is 0.389. The van der Waals surface area contributed by atoms with E-state index in [0.717, 1.165) is 31.5 Å². The van der Waals surface area contributed by atoms with Gasteiger partial charge in [-0.3, -0.25) is 4.79 Å². The van der Waals surface area contributed by atoms with Crippen LogP contribution < -0.4 is 0 Å². The summed E-state index contributed by atoms with van der Waals surface area (Å²) in [5.74, 6) is 0.665. The number of benzene rings is 2. The Balaban J connectivity index is 1.72. The number of likely N-dealkylation sites (tertiary alicyclic amines) is 1. The number of aliphatic hydroxyl groups is 1. The van der Waals surface area contributed by atoms with Gasteiger partial charge in [0.15, 0.2) is 0 Å². The van der Waals surface area contributed by atoms with Crippen molar-refractivity contribution >= 4 is 16.7 Å². The topological polar surface area (TPSA) is 40.5 Å². The standard InChI is InChI=1S/C18H21NO2/c20-11-9-14-8-10-19(13-14)18(21)12-16-6-3-5-15-4-1-2-7-17(15)16/h1-7,14,20H,8-13H2. The van der Waals surface area contributed by atoms with E-state index in [-0.39, 0.29) is 12.5 Å². The summed E-state index contributed by atoms with van der Waals surface area (Å²) in [7, 11) is 0. The molecule has 0 bridgehead atoms. The molecule has 1 unspecified atom stereocenters. The number of amides is 1. The van der Waals surface area contributed by atoms with Gasteiger partial charge in [-0.1, -0.05) is 42.5 Å². The lowest BCUT2D eigenvalue weighted by Gasteiger charge is -2.17. The first-order chi connectivity index (χ1) is 10.3. The van der Waals surface area contributed by atoms with Crippen molar-refractivity contribution in [1.82, 2.24) is 4.90 Å². The van der Waals surface area contributed by atoms with Gasteiger partial charge in [0.25, 0.3) is 0 Å². The number of aliphatic hydroxyl groups excluding tert-OH is 1. The van der Waals surface area contributed by atoms with E-state index >= 15 is 0 Å². The van der Waals surface area contributed by atoms with Crippen molar-refractivity contribution < 1.29 is 9.90 Å². The third-order valence-electron chi connectivity index (χ3n) is 4.40. The lowest BCUT2D eigenvalue weighted by Crippen LogP contribution is -2.30. The minimum absolute atomic E-state index is 0.201. The lowest BCUT2D eigenvalue weighted by atomic mass is 10.0. The van der Waals surface area contributed by atoms with Crippen molar-refractivity contribution in [3.63, 3.8) is 0 Å². The quantitative estimate of drug-likeness (QED) is 0.937. The average molecular weight is 283 g/mol. The van der Waals surface area contributed by atoms with Gasteiger partial charge in [-0.2, -0.15) is 0 Å². The molecule has 0 aliphatic carbocycles. The van der Waals surface area contributed by atoms with Crippen LogP contribution in [0, 0.1) is 5.92 Å². The van der Waals surface area contributed by atoms with Crippen LogP contribution in [-0.4, -0.2) is 35.6 Å². The highest BCUT2D eigenvalue weighted by Gasteiger charge is 2.25. The van der Waals surface area contributed by atoms with Crippen LogP contribution in [0.15, 0.2) is 42.5 Å². The van der Waals surface area contributed by atoms with Crippen molar-refractivity contribution in [3.05, 3.63) is 48.0 Å². The van der Waals surface area contributed by atoms with Crippen LogP contribution in [0.4, 0.5) is 0 Å². The number of carbonyl (C=O) groups is 1. The summed E-state index contributed by atoms with van der Waals surface area (Å²) in [5.41, 5.74) is 1.10. The highest BCUT2D eigenvalue weighted by molar-refractivity contribution is 5.90. The Bertz CT molecular complexity index is 633. The third-order valence-corrected chi connectivity index (χ3v) is 4.40. The maximum Gasteiger partial charge on any atom is 0.227 e. The van der Waals surface area contributed by atoms with Crippen molar-refractivity contribution in [1.29, 1.82) is 0 Å². The highest BCUT2D eigenvalue weighted by Crippen LogP contribution is 2.23. The van der Waals surface area contributed by atoms with Gasteiger partial charge < -0.3 is 10.0 Å². The number of carbonyl (C=O) groups excluding carboxylic acids is 1. The van der Waals surface area contributed by atoms with Crippen molar-refractivity contribution in [3.8, 4) is 0 Å². The molecule has 0 aromatic heterocycles. The molecule has 1 atom stereocenters. The zero-order valence-corrected chi connectivity index (χ0v) is 12.2. The Morgan fingerprint density at radius 3 is 2.86 bits per heavy atom. The molecule has 2 aromatic rings. The van der Waals surface area contributed by atoms with Gasteiger partial charge in [0.1, 0.15) is 0 Å². The molecule has 1 aliphatic rings. The zero-order valence-electron chi connectivity index (χ0n) is 12.2. The zero-order chi connectivity index (χ0) is 14.7. The molecule has 3 nitrogen and oxygen atoms in total. The van der Waals surface area contributed by atoms with E-state index in [2.05, 4.69) is 18.2 Å². The summed E-state index contributed by atoms with van der Waals surface area (Å²) in [5, 5.41) is 11.4. The monoisotopic (exact) mass is 283 g/mol. The maximum atomic E-state index is 12.5. The van der Waals surface area contributed by atoms with Gasteiger partial charge in [-0.25, -0.2) is 0 Å². The van der Waals surface area contributed by atoms with Crippen LogP contribution in [0.2, 0.25) is 0 Å². The molecule has 1 aliphatic heterocycles. The molecule has 3 heteroatoms. The molecule has 1 fully saturated rings. The minimum atomic E-state index is 0.201. The smallest absolute Gasteiger partial charge is 0.227 e. The molecule has 21 heavy (non-hydrogen) atoms. The van der Waals surface area contributed by atoms with Crippen LogP contribution in [0.5, 0.6) is 0 Å². The van der Waals surface area contributed by atoms with Gasteiger partial charge in [0.05, 0.1) is 6.42 Å². The van der Waals surface area contributed by atoms with Gasteiger partial charge >= 0.3 is 0 Å². The van der Waals surface area contributed by atoms with Crippen LogP contribution in [0.1, 0.15) is 18.4 Å². The molecule has 0 saturated carbocycles. The normalized spacial score (nSPS) is 18.3. The fourth-order valence-corrected chi connectivity index (χ4v) is 3.20. The molecular weight excluding hydrogens is 262 g/mol. The summed E-state index contributed by atoms with van der Waals surface area (Å²) >= 11 is 0. The summed E-state index contributed by atoms with van der Waals surface area (Å²) < 4.78 is 0. The molecule has 1 N–H and O–H groups in total. The molecular formula is C18H21NO2. The predicted molar refractivity (Wildman–Crippen MR) is 84.0 cm³/mol. The van der Waals surface area contributed by atoms with Gasteiger partial charge in [-0.05, 0) is 35.1 Å². The van der Waals surface area contributed by atoms with Crippen LogP contribution >= 0.6 is 0 Å². The summed E-state index contributed by atoms with van der Waals surface area (Å²) in [6.45, 7) is 1.84. The van der Waals surface area contributed by atoms with Crippen LogP contribution in [0.3, 0.4) is 0 Å². The number of hydrogen-bond acceptors (Lipinski definition) is 2. The van der Waals surface area contributed by atoms with E-state index in [1.54, 1.807) is 0 Å². The first kappa shape index (κ1) is 14.1. The largest absolute Gasteiger partial charge is 0.396 e. The van der Waals surface area contributed by atoms with Gasteiger partial charge in [0.2, 0.25) is 5.91 Å². The highest BCUT2D eigenvalue weighted by atomic mass is 16.3. The Morgan fingerprint density at radius 2 is 2.00 bits per heavy atom. The van der Waals surface area contributed by atoms with E-state index in [4.69, 9.17) is 5.11 Å². The second kappa shape index (κ2) is 6.27. The Hall–Kier alpha value is -1.87. The number of rotatable bonds is 4. The van der Waals surface area contributed by atoms with E-state index in [0.29, 0.717) is 12.3 Å². The second-order valence-electron chi connectivity index (χ2n) is 5.82. The lowest BCUT2D eigenvalue weighted by molar-refractivity contribution is -0.129. The molecule has 0 spiro atoms. The average Bonchev–Trinajstić information content (AvgIpc) is 2.97. The molecule has 0 radical (unpaired) electrons. The Labute approximate surface area is 125 Å². The summed E-state index contributed by atoms with van der Waals surface area (Å²) in [4.78, 5) is 14.4. The SMILES string of the molecule is O=C(Cc1cccc2ccccc12)N1CCC(CCO)C1.